The first-order valence-corrected chi connectivity index (χ1v) is 6.63. The average molecular weight is 275 g/mol. The molecule has 2 N–H and O–H groups in total. The Morgan fingerprint density at radius 1 is 1.15 bits per heavy atom. The molecule has 106 valence electrons. The van der Waals surface area contributed by atoms with Gasteiger partial charge in [-0.1, -0.05) is 6.07 Å². The highest BCUT2D eigenvalue weighted by atomic mass is 16.6. The predicted molar refractivity (Wildman–Crippen MR) is 72.8 cm³/mol. The van der Waals surface area contributed by atoms with Crippen molar-refractivity contribution in [1.29, 1.82) is 0 Å². The highest BCUT2D eigenvalue weighted by Gasteiger charge is 2.15. The van der Waals surface area contributed by atoms with Crippen LogP contribution in [0.25, 0.3) is 0 Å². The maximum absolute atomic E-state index is 10.2. The van der Waals surface area contributed by atoms with Crippen LogP contribution in [0.3, 0.4) is 0 Å². The monoisotopic (exact) mass is 275 g/mol. The van der Waals surface area contributed by atoms with Crippen LogP contribution in [-0.2, 0) is 6.54 Å². The maximum Gasteiger partial charge on any atom is 0.161 e. The van der Waals surface area contributed by atoms with Crippen molar-refractivity contribution in [2.75, 3.05) is 19.8 Å². The summed E-state index contributed by atoms with van der Waals surface area (Å²) in [5.74, 6) is 2.27. The molecule has 0 amide bonds. The van der Waals surface area contributed by atoms with Crippen molar-refractivity contribution < 1.29 is 19.0 Å². The van der Waals surface area contributed by atoms with Crippen molar-refractivity contribution in [3.63, 3.8) is 0 Å². The number of hydrogen-bond donors (Lipinski definition) is 2. The van der Waals surface area contributed by atoms with E-state index in [4.69, 9.17) is 13.9 Å². The highest BCUT2D eigenvalue weighted by molar-refractivity contribution is 5.44. The summed E-state index contributed by atoms with van der Waals surface area (Å²) in [6, 6.07) is 9.25. The van der Waals surface area contributed by atoms with E-state index < -0.39 is 6.10 Å². The SMILES string of the molecule is OC(CNCc1ccco1)c1ccc2c(c1)OCCO2. The van der Waals surface area contributed by atoms with Crippen molar-refractivity contribution in [3.8, 4) is 11.5 Å². The zero-order chi connectivity index (χ0) is 13.8. The quantitative estimate of drug-likeness (QED) is 0.872. The fraction of sp³-hybridized carbons (Fsp3) is 0.333. The molecule has 5 heteroatoms. The molecule has 0 saturated heterocycles. The predicted octanol–water partition coefficient (Wildman–Crippen LogP) is 1.87. The lowest BCUT2D eigenvalue weighted by Crippen LogP contribution is -2.21. The number of benzene rings is 1. The molecular weight excluding hydrogens is 258 g/mol. The van der Waals surface area contributed by atoms with Crippen LogP contribution in [0.5, 0.6) is 11.5 Å². The Kier molecular flexibility index (Phi) is 3.90. The summed E-state index contributed by atoms with van der Waals surface area (Å²) in [7, 11) is 0. The summed E-state index contributed by atoms with van der Waals surface area (Å²) in [4.78, 5) is 0. The molecule has 0 radical (unpaired) electrons. The molecule has 1 atom stereocenters. The first-order valence-electron chi connectivity index (χ1n) is 6.63. The van der Waals surface area contributed by atoms with Crippen LogP contribution >= 0.6 is 0 Å². The fourth-order valence-corrected chi connectivity index (χ4v) is 2.13. The molecule has 20 heavy (non-hydrogen) atoms. The molecule has 1 aromatic carbocycles. The van der Waals surface area contributed by atoms with E-state index in [9.17, 15) is 5.11 Å². The van der Waals surface area contributed by atoms with Crippen molar-refractivity contribution in [2.45, 2.75) is 12.6 Å². The molecule has 1 aromatic heterocycles. The number of hydrogen-bond acceptors (Lipinski definition) is 5. The molecule has 0 spiro atoms. The lowest BCUT2D eigenvalue weighted by atomic mass is 10.1. The van der Waals surface area contributed by atoms with Gasteiger partial charge in [0.05, 0.1) is 18.9 Å². The Bertz CT molecular complexity index is 553. The van der Waals surface area contributed by atoms with E-state index in [0.717, 1.165) is 17.1 Å². The first kappa shape index (κ1) is 13.0. The van der Waals surface area contributed by atoms with Gasteiger partial charge in [0.2, 0.25) is 0 Å². The molecule has 2 heterocycles. The molecule has 1 aliphatic rings. The zero-order valence-electron chi connectivity index (χ0n) is 11.0. The standard InChI is InChI=1S/C15H17NO4/c17-13(10-16-9-12-2-1-5-18-12)11-3-4-14-15(8-11)20-7-6-19-14/h1-5,8,13,16-17H,6-7,9-10H2. The van der Waals surface area contributed by atoms with Crippen molar-refractivity contribution in [2.24, 2.45) is 0 Å². The van der Waals surface area contributed by atoms with Gasteiger partial charge in [0, 0.05) is 6.54 Å². The summed E-state index contributed by atoms with van der Waals surface area (Å²) >= 11 is 0. The maximum atomic E-state index is 10.2. The van der Waals surface area contributed by atoms with E-state index in [1.807, 2.05) is 30.3 Å². The number of aliphatic hydroxyl groups is 1. The summed E-state index contributed by atoms with van der Waals surface area (Å²) in [5.41, 5.74) is 0.807. The van der Waals surface area contributed by atoms with Gasteiger partial charge in [0.25, 0.3) is 0 Å². The van der Waals surface area contributed by atoms with E-state index in [2.05, 4.69) is 5.32 Å². The number of rotatable bonds is 5. The van der Waals surface area contributed by atoms with Crippen molar-refractivity contribution in [3.05, 3.63) is 47.9 Å². The number of nitrogens with one attached hydrogen (secondary N) is 1. The van der Waals surface area contributed by atoms with Gasteiger partial charge in [-0.3, -0.25) is 0 Å². The van der Waals surface area contributed by atoms with E-state index in [0.29, 0.717) is 32.1 Å². The Balaban J connectivity index is 1.57. The molecule has 0 bridgehead atoms. The van der Waals surface area contributed by atoms with Crippen LogP contribution in [0.15, 0.2) is 41.0 Å². The summed E-state index contributed by atoms with van der Waals surface area (Å²) in [6.07, 6.45) is 1.04. The Morgan fingerprint density at radius 3 is 2.80 bits per heavy atom. The van der Waals surface area contributed by atoms with Gasteiger partial charge in [-0.25, -0.2) is 0 Å². The summed E-state index contributed by atoms with van der Waals surface area (Å²) < 4.78 is 16.2. The third-order valence-corrected chi connectivity index (χ3v) is 3.17. The van der Waals surface area contributed by atoms with Crippen molar-refractivity contribution >= 4 is 0 Å². The van der Waals surface area contributed by atoms with Crippen LogP contribution in [-0.4, -0.2) is 24.9 Å². The second-order valence-electron chi connectivity index (χ2n) is 4.63. The van der Waals surface area contributed by atoms with E-state index in [1.54, 1.807) is 6.26 Å². The largest absolute Gasteiger partial charge is 0.486 e. The van der Waals surface area contributed by atoms with Crippen LogP contribution in [0.2, 0.25) is 0 Å². The average Bonchev–Trinajstić information content (AvgIpc) is 3.00. The van der Waals surface area contributed by atoms with Crippen LogP contribution < -0.4 is 14.8 Å². The fourth-order valence-electron chi connectivity index (χ4n) is 2.13. The lowest BCUT2D eigenvalue weighted by molar-refractivity contribution is 0.162. The van der Waals surface area contributed by atoms with E-state index in [1.165, 1.54) is 0 Å². The molecule has 5 nitrogen and oxygen atoms in total. The molecule has 1 aliphatic heterocycles. The van der Waals surface area contributed by atoms with E-state index in [-0.39, 0.29) is 0 Å². The van der Waals surface area contributed by atoms with Crippen molar-refractivity contribution in [1.82, 2.24) is 5.32 Å². The zero-order valence-corrected chi connectivity index (χ0v) is 11.0. The minimum absolute atomic E-state index is 0.445. The minimum Gasteiger partial charge on any atom is -0.486 e. The van der Waals surface area contributed by atoms with Crippen LogP contribution in [0, 0.1) is 0 Å². The van der Waals surface area contributed by atoms with Crippen LogP contribution in [0.4, 0.5) is 0 Å². The van der Waals surface area contributed by atoms with Gasteiger partial charge in [0.15, 0.2) is 11.5 Å². The molecule has 0 fully saturated rings. The minimum atomic E-state index is -0.596. The Hall–Kier alpha value is -1.98. The topological polar surface area (TPSA) is 63.9 Å². The highest BCUT2D eigenvalue weighted by Crippen LogP contribution is 2.32. The number of aliphatic hydroxyl groups excluding tert-OH is 1. The number of furan rings is 1. The number of ether oxygens (including phenoxy) is 2. The van der Waals surface area contributed by atoms with Gasteiger partial charge in [-0.15, -0.1) is 0 Å². The molecule has 3 rings (SSSR count). The normalized spacial score (nSPS) is 15.1. The van der Waals surface area contributed by atoms with Gasteiger partial charge in [-0.05, 0) is 29.8 Å². The second kappa shape index (κ2) is 5.98. The smallest absolute Gasteiger partial charge is 0.161 e. The first-order chi connectivity index (χ1) is 9.83. The summed E-state index contributed by atoms with van der Waals surface area (Å²) in [5, 5.41) is 13.3. The van der Waals surface area contributed by atoms with Gasteiger partial charge in [-0.2, -0.15) is 0 Å². The lowest BCUT2D eigenvalue weighted by Gasteiger charge is -2.20. The summed E-state index contributed by atoms with van der Waals surface area (Å²) in [6.45, 7) is 2.15. The molecule has 0 aliphatic carbocycles. The third-order valence-electron chi connectivity index (χ3n) is 3.17. The molecule has 0 saturated carbocycles. The number of fused-ring (bicyclic) bond motifs is 1. The van der Waals surface area contributed by atoms with E-state index >= 15 is 0 Å². The molecular formula is C15H17NO4. The van der Waals surface area contributed by atoms with Gasteiger partial charge >= 0.3 is 0 Å². The molecule has 2 aromatic rings. The van der Waals surface area contributed by atoms with Gasteiger partial charge in [0.1, 0.15) is 19.0 Å². The second-order valence-corrected chi connectivity index (χ2v) is 4.63. The Labute approximate surface area is 117 Å². The van der Waals surface area contributed by atoms with Crippen LogP contribution in [0.1, 0.15) is 17.4 Å². The molecule has 1 unspecified atom stereocenters. The van der Waals surface area contributed by atoms with Gasteiger partial charge < -0.3 is 24.3 Å². The Morgan fingerprint density at radius 2 is 2.00 bits per heavy atom. The third kappa shape index (κ3) is 2.95.